The fourth-order valence-electron chi connectivity index (χ4n) is 4.10. The average molecular weight is 473 g/mol. The Bertz CT molecular complexity index is 1440. The van der Waals surface area contributed by atoms with E-state index in [1.165, 1.54) is 12.4 Å². The number of carbonyl (C=O) groups is 1. The lowest BCUT2D eigenvalue weighted by molar-refractivity contribution is -0.134. The second kappa shape index (κ2) is 7.79. The van der Waals surface area contributed by atoms with Gasteiger partial charge in [0.25, 0.3) is 0 Å². The number of fused-ring (bicyclic) bond motifs is 2. The summed E-state index contributed by atoms with van der Waals surface area (Å²) in [6, 6.07) is 10.9. The van der Waals surface area contributed by atoms with E-state index in [9.17, 15) is 17.6 Å². The minimum absolute atomic E-state index is 0. The summed E-state index contributed by atoms with van der Waals surface area (Å²) in [6.07, 6.45) is 3.06. The molecule has 2 aromatic heterocycles. The minimum atomic E-state index is -3.56. The standard InChI is InChI=1S/C22H19FN4O3S2.H2/c1-14(27-8-7-18-19(23)3-2-4-20(18)27)22(28)26-10-15-5-6-17(9-16(15)11-26)32(29,30)12-21-24-13-25-31-21;/h2-9,13-14H,10-12H2,1H3;1H/t14-;/m1./s1. The molecule has 4 aromatic rings. The van der Waals surface area contributed by atoms with Crippen LogP contribution in [0.4, 0.5) is 4.39 Å². The van der Waals surface area contributed by atoms with Crippen molar-refractivity contribution in [3.05, 3.63) is 76.9 Å². The van der Waals surface area contributed by atoms with Crippen LogP contribution in [-0.2, 0) is 33.5 Å². The van der Waals surface area contributed by atoms with Crippen LogP contribution in [-0.4, -0.2) is 33.1 Å². The van der Waals surface area contributed by atoms with Gasteiger partial charge in [0.05, 0.1) is 10.4 Å². The van der Waals surface area contributed by atoms with Crippen molar-refractivity contribution in [2.45, 2.75) is 36.7 Å². The molecule has 1 aliphatic rings. The number of rotatable bonds is 5. The highest BCUT2D eigenvalue weighted by molar-refractivity contribution is 7.90. The van der Waals surface area contributed by atoms with Crippen LogP contribution in [0.5, 0.6) is 0 Å². The lowest BCUT2D eigenvalue weighted by Gasteiger charge is -2.22. The van der Waals surface area contributed by atoms with Gasteiger partial charge in [-0.3, -0.25) is 4.79 Å². The SMILES string of the molecule is C[C@H](C(=O)N1Cc2ccc(S(=O)(=O)Cc3ncns3)cc2C1)n1ccc2c(F)cccc21.[HH]. The Labute approximate surface area is 189 Å². The number of amides is 1. The van der Waals surface area contributed by atoms with Crippen LogP contribution in [0.3, 0.4) is 0 Å². The predicted octanol–water partition coefficient (Wildman–Crippen LogP) is 3.96. The fourth-order valence-corrected chi connectivity index (χ4v) is 6.25. The van der Waals surface area contributed by atoms with Gasteiger partial charge in [0, 0.05) is 26.1 Å². The monoisotopic (exact) mass is 472 g/mol. The van der Waals surface area contributed by atoms with Gasteiger partial charge in [-0.05, 0) is 59.9 Å². The van der Waals surface area contributed by atoms with Gasteiger partial charge < -0.3 is 9.47 Å². The maximum Gasteiger partial charge on any atom is 0.245 e. The molecule has 0 N–H and O–H groups in total. The van der Waals surface area contributed by atoms with Gasteiger partial charge in [0.1, 0.15) is 28.9 Å². The first-order chi connectivity index (χ1) is 15.3. The van der Waals surface area contributed by atoms with Gasteiger partial charge in [0.15, 0.2) is 9.84 Å². The molecule has 5 rings (SSSR count). The number of carbonyl (C=O) groups excluding carboxylic acids is 1. The van der Waals surface area contributed by atoms with Crippen LogP contribution in [0.25, 0.3) is 10.9 Å². The van der Waals surface area contributed by atoms with Gasteiger partial charge in [-0.2, -0.15) is 4.37 Å². The zero-order valence-electron chi connectivity index (χ0n) is 17.1. The van der Waals surface area contributed by atoms with Crippen LogP contribution in [0.15, 0.2) is 59.9 Å². The third kappa shape index (κ3) is 3.59. The van der Waals surface area contributed by atoms with Crippen molar-refractivity contribution in [1.29, 1.82) is 0 Å². The van der Waals surface area contributed by atoms with Gasteiger partial charge in [0.2, 0.25) is 5.91 Å². The maximum absolute atomic E-state index is 14.0. The molecule has 0 spiro atoms. The zero-order valence-corrected chi connectivity index (χ0v) is 18.7. The number of halogens is 1. The highest BCUT2D eigenvalue weighted by atomic mass is 32.2. The minimum Gasteiger partial charge on any atom is -0.335 e. The lowest BCUT2D eigenvalue weighted by atomic mass is 10.1. The molecule has 1 amide bonds. The van der Waals surface area contributed by atoms with Crippen LogP contribution in [0, 0.1) is 5.82 Å². The number of nitrogens with zero attached hydrogens (tertiary/aromatic N) is 4. The number of hydrogen-bond donors (Lipinski definition) is 0. The summed E-state index contributed by atoms with van der Waals surface area (Å²) in [6.45, 7) is 2.52. The quantitative estimate of drug-likeness (QED) is 0.439. The van der Waals surface area contributed by atoms with E-state index in [0.717, 1.165) is 22.7 Å². The molecule has 0 saturated heterocycles. The molecule has 0 saturated carbocycles. The molecule has 7 nitrogen and oxygen atoms in total. The van der Waals surface area contributed by atoms with Crippen molar-refractivity contribution in [1.82, 2.24) is 18.8 Å². The predicted molar refractivity (Wildman–Crippen MR) is 120 cm³/mol. The summed E-state index contributed by atoms with van der Waals surface area (Å²) in [5.41, 5.74) is 2.39. The molecule has 0 bridgehead atoms. The Morgan fingerprint density at radius 3 is 2.81 bits per heavy atom. The van der Waals surface area contributed by atoms with E-state index in [2.05, 4.69) is 9.36 Å². The van der Waals surface area contributed by atoms with Crippen molar-refractivity contribution in [2.24, 2.45) is 0 Å². The highest BCUT2D eigenvalue weighted by Crippen LogP contribution is 2.30. The van der Waals surface area contributed by atoms with E-state index in [1.54, 1.807) is 59.0 Å². The molecule has 10 heteroatoms. The van der Waals surface area contributed by atoms with Crippen molar-refractivity contribution in [3.63, 3.8) is 0 Å². The Balaban J connectivity index is 0.00000259. The van der Waals surface area contributed by atoms with Crippen LogP contribution in [0.1, 0.15) is 30.5 Å². The van der Waals surface area contributed by atoms with Crippen molar-refractivity contribution >= 4 is 38.2 Å². The molecule has 0 aliphatic carbocycles. The van der Waals surface area contributed by atoms with Crippen molar-refractivity contribution in [3.8, 4) is 0 Å². The summed E-state index contributed by atoms with van der Waals surface area (Å²) in [4.78, 5) is 19.1. The van der Waals surface area contributed by atoms with Crippen molar-refractivity contribution in [2.75, 3.05) is 0 Å². The second-order valence-electron chi connectivity index (χ2n) is 7.79. The smallest absolute Gasteiger partial charge is 0.245 e. The molecule has 1 aliphatic heterocycles. The van der Waals surface area contributed by atoms with E-state index in [-0.39, 0.29) is 23.8 Å². The van der Waals surface area contributed by atoms with Crippen LogP contribution >= 0.6 is 11.5 Å². The van der Waals surface area contributed by atoms with Gasteiger partial charge in [-0.1, -0.05) is 12.1 Å². The van der Waals surface area contributed by atoms with Gasteiger partial charge in [-0.15, -0.1) is 0 Å². The van der Waals surface area contributed by atoms with Gasteiger partial charge in [-0.25, -0.2) is 17.8 Å². The maximum atomic E-state index is 14.0. The van der Waals surface area contributed by atoms with E-state index in [4.69, 9.17) is 0 Å². The largest absolute Gasteiger partial charge is 0.335 e. The third-order valence-corrected chi connectivity index (χ3v) is 8.24. The molecule has 3 heterocycles. The Hall–Kier alpha value is -3.11. The molecule has 1 atom stereocenters. The summed E-state index contributed by atoms with van der Waals surface area (Å²) < 4.78 is 45.2. The average Bonchev–Trinajstić information content (AvgIpc) is 3.51. The fraction of sp³-hybridized carbons (Fsp3) is 0.227. The zero-order chi connectivity index (χ0) is 22.5. The molecule has 0 unspecified atom stereocenters. The topological polar surface area (TPSA) is 85.2 Å². The number of hydrogen-bond acceptors (Lipinski definition) is 6. The number of sulfone groups is 1. The van der Waals surface area contributed by atoms with E-state index < -0.39 is 15.9 Å². The Morgan fingerprint density at radius 2 is 2.03 bits per heavy atom. The normalized spacial score (nSPS) is 14.6. The van der Waals surface area contributed by atoms with E-state index >= 15 is 0 Å². The number of benzene rings is 2. The van der Waals surface area contributed by atoms with E-state index in [0.29, 0.717) is 29.0 Å². The van der Waals surface area contributed by atoms with Gasteiger partial charge >= 0.3 is 0 Å². The van der Waals surface area contributed by atoms with Crippen molar-refractivity contribution < 1.29 is 19.0 Å². The third-order valence-electron chi connectivity index (χ3n) is 5.78. The highest BCUT2D eigenvalue weighted by Gasteiger charge is 2.29. The molecule has 2 aromatic carbocycles. The first kappa shape index (κ1) is 20.8. The first-order valence-electron chi connectivity index (χ1n) is 9.97. The summed E-state index contributed by atoms with van der Waals surface area (Å²) in [5, 5.41) is 0.911. The molecular formula is C22H21FN4O3S2. The molecule has 0 radical (unpaired) electrons. The number of aromatic nitrogens is 3. The Morgan fingerprint density at radius 1 is 1.22 bits per heavy atom. The van der Waals surface area contributed by atoms with Crippen LogP contribution in [0.2, 0.25) is 0 Å². The second-order valence-corrected chi connectivity index (χ2v) is 10.6. The summed E-state index contributed by atoms with van der Waals surface area (Å²) >= 11 is 1.06. The Kier molecular flexibility index (Phi) is 5.06. The molecular weight excluding hydrogens is 451 g/mol. The first-order valence-corrected chi connectivity index (χ1v) is 12.4. The van der Waals surface area contributed by atoms with Crippen LogP contribution < -0.4 is 0 Å². The summed E-state index contributed by atoms with van der Waals surface area (Å²) in [7, 11) is -3.56. The lowest BCUT2D eigenvalue weighted by Crippen LogP contribution is -2.32. The molecule has 32 heavy (non-hydrogen) atoms. The summed E-state index contributed by atoms with van der Waals surface area (Å²) in [5.74, 6) is -0.633. The molecule has 0 fully saturated rings. The van der Waals surface area contributed by atoms with E-state index in [1.807, 2.05) is 0 Å². The molecule has 166 valence electrons.